The van der Waals surface area contributed by atoms with Crippen LogP contribution in [0.25, 0.3) is 11.0 Å². The predicted octanol–water partition coefficient (Wildman–Crippen LogP) is 5.36. The summed E-state index contributed by atoms with van der Waals surface area (Å²) < 4.78 is 34.3. The highest BCUT2D eigenvalue weighted by molar-refractivity contribution is 7.89. The van der Waals surface area contributed by atoms with Crippen molar-refractivity contribution in [1.29, 1.82) is 0 Å². The van der Waals surface area contributed by atoms with Gasteiger partial charge >= 0.3 is 0 Å². The largest absolute Gasteiger partial charge is 0.495 e. The standard InChI is InChI=1S/C28H38ClN7O3S/c1-39-24-17-21(40(37,38)36-15-11-20(12-16-36)35-13-5-2-6-14-35)9-10-23(24)32-28-33-26-25(22(29)18-30-26)27(34-28)31-19-7-3-4-8-19/h9-10,17-20H,2-8,11-16H2,1H3,(H3,30,31,32,33,34). The molecule has 10 nitrogen and oxygen atoms in total. The number of hydrogen-bond acceptors (Lipinski definition) is 8. The van der Waals surface area contributed by atoms with Gasteiger partial charge in [-0.05, 0) is 63.7 Å². The summed E-state index contributed by atoms with van der Waals surface area (Å²) in [5.41, 5.74) is 1.20. The van der Waals surface area contributed by atoms with E-state index in [0.29, 0.717) is 59.0 Å². The topological polar surface area (TPSA) is 115 Å². The van der Waals surface area contributed by atoms with Crippen LogP contribution in [0.4, 0.5) is 17.5 Å². The Bertz CT molecular complexity index is 1440. The number of H-pyrrole nitrogens is 1. The summed E-state index contributed by atoms with van der Waals surface area (Å²) in [6.07, 6.45) is 11.8. The average molecular weight is 588 g/mol. The molecule has 1 saturated carbocycles. The summed E-state index contributed by atoms with van der Waals surface area (Å²) in [6.45, 7) is 3.34. The minimum atomic E-state index is -3.64. The molecule has 2 aromatic heterocycles. The van der Waals surface area contributed by atoms with Crippen LogP contribution in [0.5, 0.6) is 5.75 Å². The number of methoxy groups -OCH3 is 1. The zero-order valence-electron chi connectivity index (χ0n) is 23.0. The molecular weight excluding hydrogens is 550 g/mol. The number of hydrogen-bond donors (Lipinski definition) is 3. The van der Waals surface area contributed by atoms with Gasteiger partial charge in [-0.3, -0.25) is 0 Å². The Morgan fingerprint density at radius 1 is 1.00 bits per heavy atom. The Morgan fingerprint density at radius 3 is 2.48 bits per heavy atom. The zero-order chi connectivity index (χ0) is 27.7. The van der Waals surface area contributed by atoms with Gasteiger partial charge in [0.2, 0.25) is 16.0 Å². The number of anilines is 3. The zero-order valence-corrected chi connectivity index (χ0v) is 24.5. The van der Waals surface area contributed by atoms with Crippen molar-refractivity contribution in [3.05, 3.63) is 29.4 Å². The summed E-state index contributed by atoms with van der Waals surface area (Å²) in [4.78, 5) is 15.2. The van der Waals surface area contributed by atoms with Gasteiger partial charge in [0.1, 0.15) is 17.2 Å². The highest BCUT2D eigenvalue weighted by atomic mass is 35.5. The van der Waals surface area contributed by atoms with Crippen molar-refractivity contribution in [3.63, 3.8) is 0 Å². The number of aromatic nitrogens is 3. The molecule has 40 heavy (non-hydrogen) atoms. The predicted molar refractivity (Wildman–Crippen MR) is 158 cm³/mol. The number of ether oxygens (including phenoxy) is 1. The first-order valence-electron chi connectivity index (χ1n) is 14.4. The van der Waals surface area contributed by atoms with E-state index in [1.807, 2.05) is 0 Å². The fourth-order valence-corrected chi connectivity index (χ4v) is 8.07. The van der Waals surface area contributed by atoms with Crippen LogP contribution in [0, 0.1) is 0 Å². The van der Waals surface area contributed by atoms with Gasteiger partial charge in [-0.2, -0.15) is 14.3 Å². The number of piperidine rings is 2. The van der Waals surface area contributed by atoms with E-state index in [1.54, 1.807) is 28.7 Å². The van der Waals surface area contributed by atoms with Crippen LogP contribution >= 0.6 is 11.6 Å². The maximum absolute atomic E-state index is 13.6. The molecular formula is C28H38ClN7O3S. The molecule has 0 spiro atoms. The van der Waals surface area contributed by atoms with E-state index in [-0.39, 0.29) is 4.90 Å². The lowest BCUT2D eigenvalue weighted by molar-refractivity contribution is 0.118. The van der Waals surface area contributed by atoms with E-state index in [1.165, 1.54) is 39.2 Å². The van der Waals surface area contributed by atoms with Crippen LogP contribution in [0.15, 0.2) is 29.3 Å². The van der Waals surface area contributed by atoms with Gasteiger partial charge in [-0.15, -0.1) is 0 Å². The lowest BCUT2D eigenvalue weighted by Crippen LogP contribution is -2.48. The molecule has 0 radical (unpaired) electrons. The van der Waals surface area contributed by atoms with E-state index >= 15 is 0 Å². The number of benzene rings is 1. The number of nitrogens with zero attached hydrogens (tertiary/aromatic N) is 4. The second-order valence-electron chi connectivity index (χ2n) is 11.1. The third-order valence-corrected chi connectivity index (χ3v) is 10.8. The van der Waals surface area contributed by atoms with Gasteiger partial charge in [0, 0.05) is 37.4 Å². The molecule has 0 amide bonds. The molecule has 2 aliphatic heterocycles. The summed E-state index contributed by atoms with van der Waals surface area (Å²) in [5.74, 6) is 1.44. The summed E-state index contributed by atoms with van der Waals surface area (Å²) >= 11 is 6.44. The van der Waals surface area contributed by atoms with E-state index in [4.69, 9.17) is 21.3 Å². The Hall–Kier alpha value is -2.60. The third kappa shape index (κ3) is 5.61. The fourth-order valence-electron chi connectivity index (χ4n) is 6.36. The molecule has 3 aromatic rings. The Labute approximate surface area is 240 Å². The van der Waals surface area contributed by atoms with Crippen LogP contribution in [-0.4, -0.2) is 77.9 Å². The smallest absolute Gasteiger partial charge is 0.243 e. The third-order valence-electron chi connectivity index (χ3n) is 8.57. The van der Waals surface area contributed by atoms with Gasteiger partial charge in [-0.1, -0.05) is 30.9 Å². The molecule has 216 valence electrons. The van der Waals surface area contributed by atoms with E-state index in [2.05, 4.69) is 25.5 Å². The van der Waals surface area contributed by atoms with Gasteiger partial charge in [0.25, 0.3) is 0 Å². The van der Waals surface area contributed by atoms with Gasteiger partial charge in [0.05, 0.1) is 28.1 Å². The van der Waals surface area contributed by atoms with E-state index in [0.717, 1.165) is 44.2 Å². The molecule has 3 fully saturated rings. The molecule has 3 N–H and O–H groups in total. The molecule has 12 heteroatoms. The summed E-state index contributed by atoms with van der Waals surface area (Å²) in [7, 11) is -2.11. The fraction of sp³-hybridized carbons (Fsp3) is 0.571. The average Bonchev–Trinajstić information content (AvgIpc) is 3.63. The lowest BCUT2D eigenvalue weighted by atomic mass is 10.0. The monoisotopic (exact) mass is 587 g/mol. The normalized spacial score (nSPS) is 20.2. The van der Waals surface area contributed by atoms with Crippen LogP contribution in [0.1, 0.15) is 57.8 Å². The highest BCUT2D eigenvalue weighted by Crippen LogP contribution is 2.35. The summed E-state index contributed by atoms with van der Waals surface area (Å²) in [5, 5.41) is 8.09. The number of sulfonamides is 1. The molecule has 0 atom stereocenters. The molecule has 3 aliphatic rings. The van der Waals surface area contributed by atoms with Crippen LogP contribution in [0.3, 0.4) is 0 Å². The van der Waals surface area contributed by atoms with E-state index in [9.17, 15) is 8.42 Å². The SMILES string of the molecule is COc1cc(S(=O)(=O)N2CCC(N3CCCCC3)CC2)ccc1Nc1nc(NC2CCCC2)c2c(Cl)c[nH]c2n1. The molecule has 1 aromatic carbocycles. The Kier molecular flexibility index (Phi) is 8.07. The summed E-state index contributed by atoms with van der Waals surface area (Å²) in [6, 6.07) is 5.74. The Morgan fingerprint density at radius 2 is 1.75 bits per heavy atom. The van der Waals surface area contributed by atoms with Crippen LogP contribution < -0.4 is 15.4 Å². The first-order chi connectivity index (χ1) is 19.4. The number of rotatable bonds is 8. The number of halogens is 1. The number of nitrogens with one attached hydrogen (secondary N) is 3. The first kappa shape index (κ1) is 27.6. The van der Waals surface area contributed by atoms with Crippen LogP contribution in [0.2, 0.25) is 5.02 Å². The quantitative estimate of drug-likeness (QED) is 0.323. The second-order valence-corrected chi connectivity index (χ2v) is 13.4. The highest BCUT2D eigenvalue weighted by Gasteiger charge is 2.32. The lowest BCUT2D eigenvalue weighted by Gasteiger charge is -2.39. The number of fused-ring (bicyclic) bond motifs is 1. The molecule has 2 saturated heterocycles. The maximum atomic E-state index is 13.6. The molecule has 1 aliphatic carbocycles. The minimum Gasteiger partial charge on any atom is -0.495 e. The van der Waals surface area contributed by atoms with Crippen molar-refractivity contribution in [2.75, 3.05) is 43.9 Å². The molecule has 0 unspecified atom stereocenters. The van der Waals surface area contributed by atoms with Crippen molar-refractivity contribution < 1.29 is 13.2 Å². The molecule has 0 bridgehead atoms. The van der Waals surface area contributed by atoms with Gasteiger partial charge < -0.3 is 25.3 Å². The molecule has 4 heterocycles. The Balaban J connectivity index is 1.20. The van der Waals surface area contributed by atoms with Crippen molar-refractivity contribution in [1.82, 2.24) is 24.2 Å². The van der Waals surface area contributed by atoms with Crippen molar-refractivity contribution in [2.24, 2.45) is 0 Å². The minimum absolute atomic E-state index is 0.224. The van der Waals surface area contributed by atoms with Crippen LogP contribution in [-0.2, 0) is 10.0 Å². The van der Waals surface area contributed by atoms with E-state index < -0.39 is 10.0 Å². The van der Waals surface area contributed by atoms with Crippen molar-refractivity contribution in [3.8, 4) is 5.75 Å². The maximum Gasteiger partial charge on any atom is 0.243 e. The number of likely N-dealkylation sites (tertiary alicyclic amines) is 1. The van der Waals surface area contributed by atoms with Gasteiger partial charge in [-0.25, -0.2) is 8.42 Å². The van der Waals surface area contributed by atoms with Gasteiger partial charge in [0.15, 0.2) is 0 Å². The van der Waals surface area contributed by atoms with Crippen molar-refractivity contribution in [2.45, 2.75) is 74.8 Å². The number of aromatic amines is 1. The second kappa shape index (κ2) is 11.7. The first-order valence-corrected chi connectivity index (χ1v) is 16.2. The van der Waals surface area contributed by atoms with Crippen molar-refractivity contribution >= 4 is 50.1 Å². The molecule has 6 rings (SSSR count).